The molecule has 0 unspecified atom stereocenters. The number of rotatable bonds is 10. The van der Waals surface area contributed by atoms with E-state index in [0.29, 0.717) is 18.4 Å². The third-order valence-electron chi connectivity index (χ3n) is 11.4. The largest absolute Gasteiger partial charge is 0.391 e. The van der Waals surface area contributed by atoms with E-state index in [9.17, 15) is 38.7 Å². The molecule has 2 fully saturated rings. The number of benzene rings is 2. The van der Waals surface area contributed by atoms with Crippen LogP contribution in [-0.4, -0.2) is 131 Å². The van der Waals surface area contributed by atoms with Crippen LogP contribution in [0.1, 0.15) is 69.4 Å². The number of amides is 6. The van der Waals surface area contributed by atoms with Gasteiger partial charge in [-0.2, -0.15) is 0 Å². The molecular weight excluding hydrogens is 811 g/mol. The molecule has 340 valence electrons. The molecule has 0 aliphatic carbocycles. The van der Waals surface area contributed by atoms with Gasteiger partial charge in [0.15, 0.2) is 11.7 Å². The number of nitrogens with zero attached hydrogens (tertiary/aromatic N) is 2. The molecule has 2 aliphatic heterocycles. The second-order valence-corrected chi connectivity index (χ2v) is 16.2. The van der Waals surface area contributed by atoms with E-state index in [1.807, 2.05) is 24.3 Å². The van der Waals surface area contributed by atoms with Crippen LogP contribution in [0.2, 0.25) is 0 Å². The summed E-state index contributed by atoms with van der Waals surface area (Å²) in [4.78, 5) is 105. The van der Waals surface area contributed by atoms with Gasteiger partial charge < -0.3 is 58.4 Å². The molecule has 19 nitrogen and oxygen atoms in total. The lowest BCUT2D eigenvalue weighted by molar-refractivity contribution is -0.141. The quantitative estimate of drug-likeness (QED) is 0.0681. The number of aliphatic hydroxyl groups excluding tert-OH is 1. The summed E-state index contributed by atoms with van der Waals surface area (Å²) in [5, 5.41) is 28.6. The number of H-pyrrole nitrogens is 1. The van der Waals surface area contributed by atoms with E-state index in [2.05, 4.69) is 41.9 Å². The van der Waals surface area contributed by atoms with Crippen LogP contribution in [-0.2, 0) is 46.4 Å². The molecule has 19 heteroatoms. The average molecular weight is 872 g/mol. The number of hydrogen-bond donors (Lipinski definition) is 10. The van der Waals surface area contributed by atoms with Gasteiger partial charge in [-0.05, 0) is 69.7 Å². The summed E-state index contributed by atoms with van der Waals surface area (Å²) in [6.07, 6.45) is 2.24. The number of nitrogens with one attached hydrogen (secondary N) is 7. The average Bonchev–Trinajstić information content (AvgIpc) is 3.86. The second-order valence-electron chi connectivity index (χ2n) is 16.2. The smallest absolute Gasteiger partial charge is 0.243 e. The highest BCUT2D eigenvalue weighted by atomic mass is 16.3. The maximum Gasteiger partial charge on any atom is 0.243 e. The summed E-state index contributed by atoms with van der Waals surface area (Å²) in [6, 6.07) is 9.74. The summed E-state index contributed by atoms with van der Waals surface area (Å²) in [5.74, 6) is -3.99. The van der Waals surface area contributed by atoms with Crippen molar-refractivity contribution in [3.05, 3.63) is 71.9 Å². The number of ketones is 1. The molecule has 12 N–H and O–H groups in total. The van der Waals surface area contributed by atoms with Gasteiger partial charge in [0.2, 0.25) is 35.4 Å². The van der Waals surface area contributed by atoms with Crippen LogP contribution in [0.25, 0.3) is 10.9 Å². The lowest BCUT2D eigenvalue weighted by atomic mass is 10.0. The minimum atomic E-state index is -1.27. The summed E-state index contributed by atoms with van der Waals surface area (Å²) in [7, 11) is 1.57. The fourth-order valence-electron chi connectivity index (χ4n) is 7.99. The predicted octanol–water partition coefficient (Wildman–Crippen LogP) is -0.835. The summed E-state index contributed by atoms with van der Waals surface area (Å²) in [5.41, 5.74) is 13.3. The minimum Gasteiger partial charge on any atom is -0.391 e. The fourth-order valence-corrected chi connectivity index (χ4v) is 7.99. The topological polar surface area (TPSA) is 295 Å². The third-order valence-corrected chi connectivity index (χ3v) is 11.4. The number of aliphatic hydroxyl groups is 1. The van der Waals surface area contributed by atoms with Crippen molar-refractivity contribution in [1.82, 2.24) is 41.8 Å². The zero-order valence-electron chi connectivity index (χ0n) is 35.9. The Morgan fingerprint density at radius 2 is 1.51 bits per heavy atom. The molecule has 2 saturated heterocycles. The Bertz CT molecular complexity index is 2110. The molecule has 7 atom stereocenters. The lowest BCUT2D eigenvalue weighted by Crippen LogP contribution is -2.59. The van der Waals surface area contributed by atoms with Crippen molar-refractivity contribution in [3.63, 3.8) is 0 Å². The van der Waals surface area contributed by atoms with Crippen LogP contribution in [0.5, 0.6) is 0 Å². The van der Waals surface area contributed by atoms with Gasteiger partial charge in [0.1, 0.15) is 24.2 Å². The third kappa shape index (κ3) is 13.8. The van der Waals surface area contributed by atoms with Crippen molar-refractivity contribution < 1.29 is 38.7 Å². The number of aliphatic imine (C=N–C) groups is 1. The number of guanidine groups is 1. The van der Waals surface area contributed by atoms with Crippen LogP contribution in [0.15, 0.2) is 65.8 Å². The second kappa shape index (κ2) is 23.2. The number of carbonyl (C=O) groups excluding carboxylic acids is 7. The van der Waals surface area contributed by atoms with E-state index in [4.69, 9.17) is 11.5 Å². The Morgan fingerprint density at radius 1 is 0.841 bits per heavy atom. The van der Waals surface area contributed by atoms with E-state index in [1.165, 1.54) is 11.8 Å². The van der Waals surface area contributed by atoms with Gasteiger partial charge in [0, 0.05) is 62.4 Å². The fraction of sp³-hybridized carbons (Fsp3) is 0.500. The van der Waals surface area contributed by atoms with Crippen molar-refractivity contribution in [2.75, 3.05) is 26.7 Å². The van der Waals surface area contributed by atoms with E-state index in [-0.39, 0.29) is 88.7 Å². The molecule has 0 spiro atoms. The molecule has 1 aromatic heterocycles. The number of aromatic nitrogens is 1. The molecule has 63 heavy (non-hydrogen) atoms. The van der Waals surface area contributed by atoms with Crippen LogP contribution < -0.4 is 43.4 Å². The van der Waals surface area contributed by atoms with Crippen LogP contribution in [0, 0.1) is 0 Å². The van der Waals surface area contributed by atoms with Gasteiger partial charge in [0.05, 0.1) is 18.2 Å². The highest BCUT2D eigenvalue weighted by Gasteiger charge is 2.42. The number of likely N-dealkylation sites (N-methyl/N-ethyl adjacent to an activating group) is 1. The molecule has 0 saturated carbocycles. The van der Waals surface area contributed by atoms with Crippen molar-refractivity contribution in [2.24, 2.45) is 16.5 Å². The first-order valence-electron chi connectivity index (χ1n) is 21.5. The monoisotopic (exact) mass is 871 g/mol. The number of Topliss-reactive ketones (excluding diaryl/α,β-unsaturated/α-hetero) is 1. The molecule has 6 amide bonds. The number of carbonyl (C=O) groups is 7. The first kappa shape index (κ1) is 47.7. The van der Waals surface area contributed by atoms with E-state index in [0.717, 1.165) is 16.5 Å². The molecule has 3 aromatic rings. The van der Waals surface area contributed by atoms with Gasteiger partial charge >= 0.3 is 0 Å². The predicted molar refractivity (Wildman–Crippen MR) is 236 cm³/mol. The van der Waals surface area contributed by atoms with Crippen molar-refractivity contribution in [3.8, 4) is 0 Å². The van der Waals surface area contributed by atoms with Gasteiger partial charge in [-0.25, -0.2) is 0 Å². The van der Waals surface area contributed by atoms with Gasteiger partial charge in [-0.3, -0.25) is 38.6 Å². The Balaban J connectivity index is 1.50. The van der Waals surface area contributed by atoms with Gasteiger partial charge in [-0.1, -0.05) is 48.5 Å². The van der Waals surface area contributed by atoms with Crippen molar-refractivity contribution in [2.45, 2.75) is 113 Å². The SMILES string of the molecule is CN[C@H]1CCC(=O)NCCCC[C@@H](C(C)=O)NC(=O)[C@H](Cc2c[nH]c3ccccc23)NC(=O)[C@H](CCCN=C(N)N)NC(=O)[C@@H](Cc2ccccc2)NC(=O)[C@@H]2C[C@@H](O)CN2C1=O. The van der Waals surface area contributed by atoms with E-state index >= 15 is 0 Å². The molecular formula is C44H61N11O8. The lowest BCUT2D eigenvalue weighted by Gasteiger charge is -2.30. The minimum absolute atomic E-state index is 0.00372. The number of aromatic amines is 1. The van der Waals surface area contributed by atoms with E-state index in [1.54, 1.807) is 43.6 Å². The highest BCUT2D eigenvalue weighted by molar-refractivity contribution is 5.97. The van der Waals surface area contributed by atoms with Crippen molar-refractivity contribution in [1.29, 1.82) is 0 Å². The van der Waals surface area contributed by atoms with Crippen molar-refractivity contribution >= 4 is 58.1 Å². The molecule has 0 bridgehead atoms. The molecule has 3 heterocycles. The summed E-state index contributed by atoms with van der Waals surface area (Å²) < 4.78 is 0. The Hall–Kier alpha value is -6.34. The number of nitrogens with two attached hydrogens (primary N) is 2. The molecule has 0 radical (unpaired) electrons. The zero-order valence-corrected chi connectivity index (χ0v) is 35.9. The Morgan fingerprint density at radius 3 is 2.24 bits per heavy atom. The highest BCUT2D eigenvalue weighted by Crippen LogP contribution is 2.22. The number of fused-ring (bicyclic) bond motifs is 2. The van der Waals surface area contributed by atoms with Gasteiger partial charge in [0.25, 0.3) is 0 Å². The Labute approximate surface area is 366 Å². The summed E-state index contributed by atoms with van der Waals surface area (Å²) >= 11 is 0. The van der Waals surface area contributed by atoms with Gasteiger partial charge in [-0.15, -0.1) is 0 Å². The van der Waals surface area contributed by atoms with Crippen LogP contribution in [0.4, 0.5) is 0 Å². The number of hydrogen-bond acceptors (Lipinski definition) is 10. The Kier molecular flexibility index (Phi) is 17.6. The standard InChI is InChI=1S/C44H61N11O8/c1-26(56)31-14-8-9-19-48-38(58)18-17-34(47-2)43(63)55-25-29(57)23-37(55)42(62)54-35(21-27-11-4-3-5-12-27)40(60)52-33(16-10-20-49-44(45)46)39(59)53-36(41(61)51-31)22-28-24-50-32-15-7-6-13-30(28)32/h3-7,11-13,15,24,29,31,33-37,47,50,57H,8-10,14,16-23,25H2,1-2H3,(H,48,58)(H,51,61)(H,52,60)(H,53,59)(H,54,62)(H4,45,46,49)/t29-,31+,33+,34+,35-,36+,37+/m1/s1. The number of para-hydroxylation sites is 1. The maximum absolute atomic E-state index is 14.4. The van der Waals surface area contributed by atoms with Crippen LogP contribution in [0.3, 0.4) is 0 Å². The first-order valence-corrected chi connectivity index (χ1v) is 21.5. The molecule has 2 aromatic carbocycles. The molecule has 2 aliphatic rings. The summed E-state index contributed by atoms with van der Waals surface area (Å²) in [6.45, 7) is 1.64. The maximum atomic E-state index is 14.4. The van der Waals surface area contributed by atoms with Crippen LogP contribution >= 0.6 is 0 Å². The first-order chi connectivity index (χ1) is 30.2. The normalized spacial score (nSPS) is 25.1. The molecule has 5 rings (SSSR count). The zero-order chi connectivity index (χ0) is 45.5. The van der Waals surface area contributed by atoms with E-state index < -0.39 is 71.9 Å².